The average molecular weight is 468 g/mol. The fraction of sp³-hybridized carbons (Fsp3) is 0.250. The van der Waals surface area contributed by atoms with Crippen LogP contribution in [0.4, 0.5) is 4.39 Å². The van der Waals surface area contributed by atoms with Gasteiger partial charge in [-0.1, -0.05) is 30.6 Å². The lowest BCUT2D eigenvalue weighted by atomic mass is 10.2. The van der Waals surface area contributed by atoms with Gasteiger partial charge in [0.2, 0.25) is 15.8 Å². The van der Waals surface area contributed by atoms with Crippen molar-refractivity contribution >= 4 is 27.6 Å². The molecule has 1 aromatic heterocycles. The molecule has 0 aliphatic carbocycles. The van der Waals surface area contributed by atoms with Crippen molar-refractivity contribution in [3.05, 3.63) is 64.8 Å². The molecule has 0 amide bonds. The number of halogens is 2. The zero-order chi connectivity index (χ0) is 22.6. The molecule has 3 aromatic rings. The maximum Gasteiger partial charge on any atom is 0.338 e. The van der Waals surface area contributed by atoms with Crippen LogP contribution in [0.5, 0.6) is 0 Å². The zero-order valence-electron chi connectivity index (χ0n) is 16.7. The van der Waals surface area contributed by atoms with E-state index in [1.807, 2.05) is 0 Å². The molecule has 8 nitrogen and oxygen atoms in total. The first-order valence-electron chi connectivity index (χ1n) is 9.31. The van der Waals surface area contributed by atoms with Crippen molar-refractivity contribution in [1.82, 2.24) is 14.4 Å². The fourth-order valence-electron chi connectivity index (χ4n) is 2.77. The van der Waals surface area contributed by atoms with E-state index in [0.717, 1.165) is 0 Å². The number of hydrogen-bond acceptors (Lipinski definition) is 7. The Labute approximate surface area is 183 Å². The van der Waals surface area contributed by atoms with Gasteiger partial charge in [-0.05, 0) is 42.5 Å². The van der Waals surface area contributed by atoms with E-state index >= 15 is 0 Å². The number of rotatable bonds is 8. The summed E-state index contributed by atoms with van der Waals surface area (Å²) in [5.74, 6) is -0.941. The van der Waals surface area contributed by atoms with Crippen LogP contribution in [0.1, 0.15) is 30.1 Å². The van der Waals surface area contributed by atoms with Gasteiger partial charge in [0.25, 0.3) is 5.89 Å². The molecule has 3 rings (SSSR count). The molecule has 0 N–H and O–H groups in total. The highest BCUT2D eigenvalue weighted by Gasteiger charge is 2.26. The maximum absolute atomic E-state index is 13.0. The number of aromatic nitrogens is 2. The first-order valence-corrected chi connectivity index (χ1v) is 11.1. The van der Waals surface area contributed by atoms with Crippen LogP contribution in [0.15, 0.2) is 51.9 Å². The third-order valence-electron chi connectivity index (χ3n) is 4.39. The molecule has 2 aromatic carbocycles. The van der Waals surface area contributed by atoms with Crippen LogP contribution >= 0.6 is 11.6 Å². The zero-order valence-corrected chi connectivity index (χ0v) is 18.3. The quantitative estimate of drug-likeness (QED) is 0.462. The summed E-state index contributed by atoms with van der Waals surface area (Å²) in [6, 6.07) is 9.36. The van der Waals surface area contributed by atoms with Crippen LogP contribution in [0.3, 0.4) is 0 Å². The van der Waals surface area contributed by atoms with Gasteiger partial charge in [-0.25, -0.2) is 17.6 Å². The Morgan fingerprint density at radius 3 is 2.48 bits per heavy atom. The Morgan fingerprint density at radius 2 is 1.84 bits per heavy atom. The maximum atomic E-state index is 13.0. The third kappa shape index (κ3) is 5.09. The fourth-order valence-corrected chi connectivity index (χ4v) is 4.73. The number of carbonyl (C=O) groups excluding carboxylic acids is 1. The summed E-state index contributed by atoms with van der Waals surface area (Å²) in [6.07, 6.45) is 0. The van der Waals surface area contributed by atoms with Gasteiger partial charge in [0.15, 0.2) is 6.61 Å². The van der Waals surface area contributed by atoms with E-state index in [1.165, 1.54) is 46.8 Å². The Bertz CT molecular complexity index is 1180. The monoisotopic (exact) mass is 467 g/mol. The summed E-state index contributed by atoms with van der Waals surface area (Å²) < 4.78 is 50.0. The first kappa shape index (κ1) is 22.9. The highest BCUT2D eigenvalue weighted by atomic mass is 35.5. The van der Waals surface area contributed by atoms with E-state index < -0.39 is 21.8 Å². The van der Waals surface area contributed by atoms with E-state index in [-0.39, 0.29) is 46.9 Å². The minimum Gasteiger partial charge on any atom is -0.452 e. The molecule has 0 fully saturated rings. The molecular weight excluding hydrogens is 449 g/mol. The van der Waals surface area contributed by atoms with Crippen molar-refractivity contribution in [2.24, 2.45) is 0 Å². The van der Waals surface area contributed by atoms with Crippen LogP contribution in [0, 0.1) is 5.82 Å². The minimum atomic E-state index is -3.86. The molecule has 31 heavy (non-hydrogen) atoms. The van der Waals surface area contributed by atoms with Crippen molar-refractivity contribution in [3.8, 4) is 11.4 Å². The van der Waals surface area contributed by atoms with Gasteiger partial charge in [0.1, 0.15) is 10.7 Å². The Balaban J connectivity index is 1.74. The van der Waals surface area contributed by atoms with Gasteiger partial charge < -0.3 is 9.26 Å². The van der Waals surface area contributed by atoms with Gasteiger partial charge >= 0.3 is 5.97 Å². The molecular formula is C20H19ClFN3O5S. The van der Waals surface area contributed by atoms with Gasteiger partial charge in [-0.15, -0.1) is 0 Å². The van der Waals surface area contributed by atoms with Crippen molar-refractivity contribution in [3.63, 3.8) is 0 Å². The number of esters is 1. The van der Waals surface area contributed by atoms with Crippen LogP contribution in [0.25, 0.3) is 11.4 Å². The predicted octanol–water partition coefficient (Wildman–Crippen LogP) is 3.92. The summed E-state index contributed by atoms with van der Waals surface area (Å²) in [5, 5.41) is 3.76. The third-order valence-corrected chi connectivity index (χ3v) is 6.92. The molecule has 0 spiro atoms. The standard InChI is InChI=1S/C20H19ClFN3O5S/c1-3-25(4-2)31(27,28)17-11-14(7-10-16(17)21)20(26)29-12-18-23-19(24-30-18)13-5-8-15(22)9-6-13/h5-11H,3-4,12H2,1-2H3. The van der Waals surface area contributed by atoms with Gasteiger partial charge in [-0.3, -0.25) is 0 Å². The normalized spacial score (nSPS) is 11.6. The second kappa shape index (κ2) is 9.54. The van der Waals surface area contributed by atoms with E-state index in [9.17, 15) is 17.6 Å². The van der Waals surface area contributed by atoms with Crippen molar-refractivity contribution in [2.75, 3.05) is 13.1 Å². The molecule has 0 atom stereocenters. The molecule has 0 saturated carbocycles. The second-order valence-electron chi connectivity index (χ2n) is 6.33. The molecule has 0 aliphatic rings. The molecule has 0 unspecified atom stereocenters. The number of sulfonamides is 1. The summed E-state index contributed by atoms with van der Waals surface area (Å²) in [6.45, 7) is 3.61. The van der Waals surface area contributed by atoms with Crippen molar-refractivity contribution in [2.45, 2.75) is 25.3 Å². The lowest BCUT2D eigenvalue weighted by Gasteiger charge is -2.19. The van der Waals surface area contributed by atoms with Gasteiger partial charge in [0.05, 0.1) is 10.6 Å². The minimum absolute atomic E-state index is 0.00397. The van der Waals surface area contributed by atoms with Crippen molar-refractivity contribution in [1.29, 1.82) is 0 Å². The van der Waals surface area contributed by atoms with Crippen LogP contribution in [-0.2, 0) is 21.4 Å². The average Bonchev–Trinajstić information content (AvgIpc) is 3.22. The van der Waals surface area contributed by atoms with E-state index in [0.29, 0.717) is 5.56 Å². The van der Waals surface area contributed by atoms with Crippen molar-refractivity contribution < 1.29 is 26.9 Å². The summed E-state index contributed by atoms with van der Waals surface area (Å²) in [7, 11) is -3.86. The molecule has 0 saturated heterocycles. The van der Waals surface area contributed by atoms with Crippen LogP contribution in [0.2, 0.25) is 5.02 Å². The molecule has 1 heterocycles. The number of carbonyl (C=O) groups is 1. The second-order valence-corrected chi connectivity index (χ2v) is 8.64. The molecule has 0 aliphatic heterocycles. The Hall–Kier alpha value is -2.82. The molecule has 164 valence electrons. The SMILES string of the molecule is CCN(CC)S(=O)(=O)c1cc(C(=O)OCc2nc(-c3ccc(F)cc3)no2)ccc1Cl. The summed E-state index contributed by atoms with van der Waals surface area (Å²) in [4.78, 5) is 16.3. The van der Waals surface area contributed by atoms with Crippen LogP contribution < -0.4 is 0 Å². The van der Waals surface area contributed by atoms with E-state index in [4.69, 9.17) is 20.9 Å². The van der Waals surface area contributed by atoms with E-state index in [1.54, 1.807) is 13.8 Å². The number of hydrogen-bond donors (Lipinski definition) is 0. The first-order chi connectivity index (χ1) is 14.8. The lowest BCUT2D eigenvalue weighted by Crippen LogP contribution is -2.31. The van der Waals surface area contributed by atoms with Crippen LogP contribution in [-0.4, -0.2) is 41.9 Å². The topological polar surface area (TPSA) is 103 Å². The molecule has 0 radical (unpaired) electrons. The van der Waals surface area contributed by atoms with Gasteiger partial charge in [-0.2, -0.15) is 9.29 Å². The highest BCUT2D eigenvalue weighted by molar-refractivity contribution is 7.89. The predicted molar refractivity (Wildman–Crippen MR) is 110 cm³/mol. The Kier molecular flexibility index (Phi) is 7.04. The Morgan fingerprint density at radius 1 is 1.16 bits per heavy atom. The molecule has 0 bridgehead atoms. The molecule has 11 heteroatoms. The largest absolute Gasteiger partial charge is 0.452 e. The number of nitrogens with zero attached hydrogens (tertiary/aromatic N) is 3. The lowest BCUT2D eigenvalue weighted by molar-refractivity contribution is 0.0429. The van der Waals surface area contributed by atoms with Gasteiger partial charge in [0, 0.05) is 18.7 Å². The van der Waals surface area contributed by atoms with E-state index in [2.05, 4.69) is 10.1 Å². The summed E-state index contributed by atoms with van der Waals surface area (Å²) in [5.41, 5.74) is 0.542. The number of ether oxygens (including phenoxy) is 1. The highest BCUT2D eigenvalue weighted by Crippen LogP contribution is 2.26. The smallest absolute Gasteiger partial charge is 0.338 e. The summed E-state index contributed by atoms with van der Waals surface area (Å²) >= 11 is 6.07. The number of benzene rings is 2.